The largest absolute Gasteiger partial charge is 0.377 e. The maximum Gasteiger partial charge on any atom is 0.243 e. The maximum atomic E-state index is 14.5. The Morgan fingerprint density at radius 1 is 1.38 bits per heavy atom. The lowest BCUT2D eigenvalue weighted by atomic mass is 10.1. The van der Waals surface area contributed by atoms with Crippen LogP contribution in [0.25, 0.3) is 10.2 Å². The summed E-state index contributed by atoms with van der Waals surface area (Å²) in [5.74, 6) is 0. The summed E-state index contributed by atoms with van der Waals surface area (Å²) in [6.07, 6.45) is 0. The molecule has 0 radical (unpaired) electrons. The van der Waals surface area contributed by atoms with Gasteiger partial charge in [0.15, 0.2) is 5.13 Å². The topological polar surface area (TPSA) is 74.8 Å². The number of halogens is 1. The Balaban J connectivity index is 1.54. The van der Waals surface area contributed by atoms with Crippen LogP contribution in [0, 0.1) is 0 Å². The molecule has 1 saturated heterocycles. The predicted molar refractivity (Wildman–Crippen MR) is 128 cm³/mol. The van der Waals surface area contributed by atoms with E-state index in [4.69, 9.17) is 4.74 Å². The number of aromatic nitrogens is 1. The highest BCUT2D eigenvalue weighted by molar-refractivity contribution is 7.89. The normalized spacial score (nSPS) is 21.7. The van der Waals surface area contributed by atoms with E-state index in [1.165, 1.54) is 34.2 Å². The van der Waals surface area contributed by atoms with Crippen molar-refractivity contribution in [2.75, 3.05) is 52.3 Å². The molecule has 0 aliphatic carbocycles. The van der Waals surface area contributed by atoms with Gasteiger partial charge in [0.2, 0.25) is 10.0 Å². The fraction of sp³-hybridized carbons (Fsp3) is 0.476. The Morgan fingerprint density at radius 2 is 2.19 bits per heavy atom. The van der Waals surface area contributed by atoms with Crippen molar-refractivity contribution in [3.8, 4) is 0 Å². The van der Waals surface area contributed by atoms with Gasteiger partial charge in [0.05, 0.1) is 40.9 Å². The zero-order valence-corrected chi connectivity index (χ0v) is 20.7. The third kappa shape index (κ3) is 5.13. The fourth-order valence-corrected chi connectivity index (χ4v) is 6.94. The number of sulfonamides is 1. The number of likely N-dealkylation sites (N-methyl/N-ethyl adjacent to an activating group) is 1. The zero-order valence-electron chi connectivity index (χ0n) is 18.2. The van der Waals surface area contributed by atoms with Gasteiger partial charge in [-0.3, -0.25) is 0 Å². The standard InChI is InChI=1S/C21H27FN4O3S3/c1-21(22)13-26(7-8-29-14-21)32(27,28)16-4-5-17-19(10-16)31-20(24-17)23-11-18(25(2)3)15-6-9-30-12-15/h4-6,9-10,12,18H,7-8,11,13-14H2,1-3H3,(H,23,24). The maximum absolute atomic E-state index is 14.5. The van der Waals surface area contributed by atoms with E-state index in [1.54, 1.807) is 23.5 Å². The molecule has 1 fully saturated rings. The first-order valence-corrected chi connectivity index (χ1v) is 13.5. The van der Waals surface area contributed by atoms with Gasteiger partial charge in [0, 0.05) is 13.1 Å². The number of ether oxygens (including phenoxy) is 1. The highest BCUT2D eigenvalue weighted by Gasteiger charge is 2.36. The Morgan fingerprint density at radius 3 is 2.91 bits per heavy atom. The molecule has 2 atom stereocenters. The molecular formula is C21H27FN4O3S3. The second kappa shape index (κ2) is 9.32. The van der Waals surface area contributed by atoms with Crippen LogP contribution in [0.4, 0.5) is 9.52 Å². The first-order chi connectivity index (χ1) is 15.2. The molecule has 2 aromatic heterocycles. The van der Waals surface area contributed by atoms with E-state index >= 15 is 0 Å². The second-order valence-electron chi connectivity index (χ2n) is 8.37. The number of fused-ring (bicyclic) bond motifs is 1. The molecular weight excluding hydrogens is 471 g/mol. The minimum atomic E-state index is -3.84. The summed E-state index contributed by atoms with van der Waals surface area (Å²) in [7, 11) is 0.236. The molecule has 3 heterocycles. The first kappa shape index (κ1) is 23.5. The molecule has 32 heavy (non-hydrogen) atoms. The van der Waals surface area contributed by atoms with Crippen LogP contribution in [-0.4, -0.2) is 75.2 Å². The molecule has 0 spiro atoms. The number of nitrogens with one attached hydrogen (secondary N) is 1. The van der Waals surface area contributed by atoms with Crippen LogP contribution in [0.15, 0.2) is 39.9 Å². The summed E-state index contributed by atoms with van der Waals surface area (Å²) in [6, 6.07) is 7.18. The summed E-state index contributed by atoms with van der Waals surface area (Å²) in [6.45, 7) is 2.01. The van der Waals surface area contributed by atoms with Crippen molar-refractivity contribution in [1.82, 2.24) is 14.2 Å². The minimum absolute atomic E-state index is 0.110. The number of alkyl halides is 1. The summed E-state index contributed by atoms with van der Waals surface area (Å²) < 4.78 is 48.0. The SMILES string of the molecule is CN(C)C(CNc1nc2ccc(S(=O)(=O)N3CCOCC(C)(F)C3)cc2s1)c1ccsc1. The van der Waals surface area contributed by atoms with Crippen LogP contribution in [-0.2, 0) is 14.8 Å². The van der Waals surface area contributed by atoms with E-state index in [0.29, 0.717) is 6.54 Å². The molecule has 2 unspecified atom stereocenters. The van der Waals surface area contributed by atoms with Gasteiger partial charge in [-0.05, 0) is 61.6 Å². The third-order valence-corrected chi connectivity index (χ3v) is 8.91. The van der Waals surface area contributed by atoms with Crippen LogP contribution < -0.4 is 5.32 Å². The van der Waals surface area contributed by atoms with E-state index in [2.05, 4.69) is 32.0 Å². The molecule has 11 heteroatoms. The second-order valence-corrected chi connectivity index (χ2v) is 12.1. The number of anilines is 1. The van der Waals surface area contributed by atoms with Crippen molar-refractivity contribution in [2.24, 2.45) is 0 Å². The van der Waals surface area contributed by atoms with Crippen molar-refractivity contribution in [1.29, 1.82) is 0 Å². The van der Waals surface area contributed by atoms with Crippen molar-refractivity contribution in [3.63, 3.8) is 0 Å². The molecule has 3 aromatic rings. The summed E-state index contributed by atoms with van der Waals surface area (Å²) >= 11 is 3.08. The molecule has 174 valence electrons. The number of rotatable bonds is 7. The van der Waals surface area contributed by atoms with E-state index in [-0.39, 0.29) is 37.2 Å². The highest BCUT2D eigenvalue weighted by Crippen LogP contribution is 2.31. The van der Waals surface area contributed by atoms with Gasteiger partial charge in [-0.25, -0.2) is 17.8 Å². The van der Waals surface area contributed by atoms with Crippen LogP contribution in [0.2, 0.25) is 0 Å². The molecule has 1 N–H and O–H groups in total. The lowest BCUT2D eigenvalue weighted by Gasteiger charge is -2.24. The first-order valence-electron chi connectivity index (χ1n) is 10.3. The molecule has 7 nitrogen and oxygen atoms in total. The average Bonchev–Trinajstić information content (AvgIpc) is 3.35. The number of thiophene rings is 1. The summed E-state index contributed by atoms with van der Waals surface area (Å²) in [5, 5.41) is 8.32. The molecule has 1 aromatic carbocycles. The summed E-state index contributed by atoms with van der Waals surface area (Å²) in [4.78, 5) is 6.89. The smallest absolute Gasteiger partial charge is 0.243 e. The number of hydrogen-bond donors (Lipinski definition) is 1. The third-order valence-electron chi connectivity index (χ3n) is 5.39. The Bertz CT molecular complexity index is 1160. The van der Waals surface area contributed by atoms with E-state index in [9.17, 15) is 12.8 Å². The van der Waals surface area contributed by atoms with Crippen molar-refractivity contribution >= 4 is 48.0 Å². The molecule has 1 aliphatic rings. The van der Waals surface area contributed by atoms with Crippen molar-refractivity contribution in [2.45, 2.75) is 23.5 Å². The summed E-state index contributed by atoms with van der Waals surface area (Å²) in [5.41, 5.74) is 0.243. The number of thiazole rings is 1. The fourth-order valence-electron chi connectivity index (χ4n) is 3.69. The van der Waals surface area contributed by atoms with Gasteiger partial charge in [-0.2, -0.15) is 15.6 Å². The molecule has 1 aliphatic heterocycles. The molecule has 0 amide bonds. The van der Waals surface area contributed by atoms with E-state index in [1.807, 2.05) is 14.1 Å². The van der Waals surface area contributed by atoms with Gasteiger partial charge in [0.1, 0.15) is 5.67 Å². The lowest BCUT2D eigenvalue weighted by molar-refractivity contribution is 0.0487. The number of benzene rings is 1. The van der Waals surface area contributed by atoms with Crippen LogP contribution in [0.3, 0.4) is 0 Å². The zero-order chi connectivity index (χ0) is 22.9. The highest BCUT2D eigenvalue weighted by atomic mass is 32.2. The van der Waals surface area contributed by atoms with Crippen LogP contribution >= 0.6 is 22.7 Å². The Kier molecular flexibility index (Phi) is 6.85. The van der Waals surface area contributed by atoms with Gasteiger partial charge in [-0.1, -0.05) is 11.3 Å². The Hall–Kier alpha value is -1.63. The predicted octanol–water partition coefficient (Wildman–Crippen LogP) is 3.82. The van der Waals surface area contributed by atoms with Gasteiger partial charge in [0.25, 0.3) is 0 Å². The van der Waals surface area contributed by atoms with Gasteiger partial charge < -0.3 is 15.0 Å². The lowest BCUT2D eigenvalue weighted by Crippen LogP contribution is -2.41. The molecule has 0 bridgehead atoms. The number of hydrogen-bond acceptors (Lipinski definition) is 8. The van der Waals surface area contributed by atoms with Gasteiger partial charge in [-0.15, -0.1) is 0 Å². The number of nitrogens with zero attached hydrogens (tertiary/aromatic N) is 3. The Labute approximate surface area is 195 Å². The van der Waals surface area contributed by atoms with Crippen molar-refractivity contribution < 1.29 is 17.5 Å². The van der Waals surface area contributed by atoms with Crippen LogP contribution in [0.1, 0.15) is 18.5 Å². The van der Waals surface area contributed by atoms with Crippen LogP contribution in [0.5, 0.6) is 0 Å². The molecule has 4 rings (SSSR count). The van der Waals surface area contributed by atoms with Crippen molar-refractivity contribution in [3.05, 3.63) is 40.6 Å². The molecule has 0 saturated carbocycles. The van der Waals surface area contributed by atoms with E-state index < -0.39 is 15.7 Å². The monoisotopic (exact) mass is 498 g/mol. The van der Waals surface area contributed by atoms with E-state index in [0.717, 1.165) is 15.3 Å². The van der Waals surface area contributed by atoms with Gasteiger partial charge >= 0.3 is 0 Å². The minimum Gasteiger partial charge on any atom is -0.377 e. The average molecular weight is 499 g/mol. The quantitative estimate of drug-likeness (QED) is 0.534.